The molecule has 1 aromatic carbocycles. The van der Waals surface area contributed by atoms with Crippen LogP contribution in [-0.2, 0) is 28.4 Å². The van der Waals surface area contributed by atoms with Crippen LogP contribution in [0.1, 0.15) is 33.3 Å². The molecule has 0 radical (unpaired) electrons. The summed E-state index contributed by atoms with van der Waals surface area (Å²) in [6.07, 6.45) is 1.96. The summed E-state index contributed by atoms with van der Waals surface area (Å²) in [6.45, 7) is 7.89. The van der Waals surface area contributed by atoms with E-state index in [1.54, 1.807) is 6.26 Å². The van der Waals surface area contributed by atoms with Gasteiger partial charge in [0, 0.05) is 0 Å². The van der Waals surface area contributed by atoms with E-state index in [2.05, 4.69) is 0 Å². The monoisotopic (exact) mass is 362 g/mol. The maximum atomic E-state index is 6.09. The first kappa shape index (κ1) is 17.9. The molecule has 3 saturated heterocycles. The third-order valence-corrected chi connectivity index (χ3v) is 4.67. The van der Waals surface area contributed by atoms with Crippen molar-refractivity contribution in [3.8, 4) is 0 Å². The van der Waals surface area contributed by atoms with Crippen molar-refractivity contribution in [3.05, 3.63) is 42.2 Å². The summed E-state index contributed by atoms with van der Waals surface area (Å²) in [5, 5.41) is 0. The van der Waals surface area contributed by atoms with Crippen molar-refractivity contribution in [3.63, 3.8) is 0 Å². The zero-order valence-corrected chi connectivity index (χ0v) is 15.6. The molecular formula is C20H26O6. The highest BCUT2D eigenvalue weighted by molar-refractivity contribution is 5.47. The summed E-state index contributed by atoms with van der Waals surface area (Å²) in [4.78, 5) is 0. The molecule has 0 spiro atoms. The van der Waals surface area contributed by atoms with Crippen molar-refractivity contribution in [2.75, 3.05) is 6.61 Å². The predicted octanol–water partition coefficient (Wildman–Crippen LogP) is 3.07. The van der Waals surface area contributed by atoms with E-state index in [4.69, 9.17) is 28.4 Å². The quantitative estimate of drug-likeness (QED) is 0.768. The van der Waals surface area contributed by atoms with Gasteiger partial charge in [0.25, 0.3) is 0 Å². The largest absolute Gasteiger partial charge is 0.498 e. The van der Waals surface area contributed by atoms with Crippen LogP contribution in [0.4, 0.5) is 0 Å². The Morgan fingerprint density at radius 1 is 0.885 bits per heavy atom. The van der Waals surface area contributed by atoms with Gasteiger partial charge in [-0.1, -0.05) is 30.3 Å². The molecule has 0 bridgehead atoms. The van der Waals surface area contributed by atoms with Crippen LogP contribution in [0, 0.1) is 0 Å². The minimum absolute atomic E-state index is 0.253. The third kappa shape index (κ3) is 3.66. The molecule has 0 N–H and O–H groups in total. The normalized spacial score (nSPS) is 37.5. The molecule has 6 heteroatoms. The van der Waals surface area contributed by atoms with Gasteiger partial charge in [0.05, 0.1) is 6.26 Å². The molecule has 6 nitrogen and oxygen atoms in total. The van der Waals surface area contributed by atoms with Crippen LogP contribution in [0.2, 0.25) is 0 Å². The van der Waals surface area contributed by atoms with E-state index < -0.39 is 17.9 Å². The summed E-state index contributed by atoms with van der Waals surface area (Å²) >= 11 is 0. The SMILES string of the molecule is CC1(C)O[C@H]2[C@@H](O1)[C@@H](CO/C=C/c1ccccc1)O[C@@H]1OC(C)(C)O[C@@H]12. The maximum Gasteiger partial charge on any atom is 0.190 e. The van der Waals surface area contributed by atoms with Gasteiger partial charge in [-0.3, -0.25) is 0 Å². The first-order valence-electron chi connectivity index (χ1n) is 9.03. The highest BCUT2D eigenvalue weighted by Crippen LogP contribution is 2.44. The van der Waals surface area contributed by atoms with E-state index in [9.17, 15) is 0 Å². The lowest BCUT2D eigenvalue weighted by atomic mass is 9.99. The lowest BCUT2D eigenvalue weighted by molar-refractivity contribution is -0.240. The summed E-state index contributed by atoms with van der Waals surface area (Å²) in [5.41, 5.74) is 1.07. The molecule has 0 aliphatic carbocycles. The average Bonchev–Trinajstić information content (AvgIpc) is 3.06. The van der Waals surface area contributed by atoms with Gasteiger partial charge < -0.3 is 28.4 Å². The molecule has 0 aromatic heterocycles. The van der Waals surface area contributed by atoms with Gasteiger partial charge in [-0.05, 0) is 39.3 Å². The fourth-order valence-corrected chi connectivity index (χ4v) is 3.67. The molecule has 142 valence electrons. The topological polar surface area (TPSA) is 55.4 Å². The third-order valence-electron chi connectivity index (χ3n) is 4.67. The second-order valence-corrected chi connectivity index (χ2v) is 7.75. The van der Waals surface area contributed by atoms with Crippen molar-refractivity contribution < 1.29 is 28.4 Å². The van der Waals surface area contributed by atoms with E-state index in [0.717, 1.165) is 5.56 Å². The van der Waals surface area contributed by atoms with Gasteiger partial charge in [0.2, 0.25) is 0 Å². The summed E-state index contributed by atoms with van der Waals surface area (Å²) in [7, 11) is 0. The second kappa shape index (κ2) is 6.62. The molecule has 0 amide bonds. The van der Waals surface area contributed by atoms with Crippen LogP contribution in [0.15, 0.2) is 36.6 Å². The molecule has 3 fully saturated rings. The summed E-state index contributed by atoms with van der Waals surface area (Å²) < 4.78 is 35.8. The Labute approximate surface area is 154 Å². The highest BCUT2D eigenvalue weighted by atomic mass is 16.9. The van der Waals surface area contributed by atoms with Crippen LogP contribution >= 0.6 is 0 Å². The van der Waals surface area contributed by atoms with E-state index in [0.29, 0.717) is 6.61 Å². The molecule has 3 heterocycles. The molecule has 5 atom stereocenters. The van der Waals surface area contributed by atoms with Crippen molar-refractivity contribution in [1.29, 1.82) is 0 Å². The first-order valence-corrected chi connectivity index (χ1v) is 9.03. The molecule has 0 saturated carbocycles. The van der Waals surface area contributed by atoms with Gasteiger partial charge in [0.1, 0.15) is 31.0 Å². The number of hydrogen-bond donors (Lipinski definition) is 0. The lowest BCUT2D eigenvalue weighted by Crippen LogP contribution is -2.56. The summed E-state index contributed by atoms with van der Waals surface area (Å²) in [6, 6.07) is 9.98. The van der Waals surface area contributed by atoms with Crippen molar-refractivity contribution in [2.45, 2.75) is 70.0 Å². The van der Waals surface area contributed by atoms with Gasteiger partial charge in [-0.2, -0.15) is 0 Å². The van der Waals surface area contributed by atoms with Crippen LogP contribution in [-0.4, -0.2) is 48.9 Å². The van der Waals surface area contributed by atoms with E-state index in [1.807, 2.05) is 64.1 Å². The molecule has 3 aliphatic heterocycles. The van der Waals surface area contributed by atoms with E-state index in [1.165, 1.54) is 0 Å². The minimum Gasteiger partial charge on any atom is -0.498 e. The number of ether oxygens (including phenoxy) is 6. The van der Waals surface area contributed by atoms with E-state index >= 15 is 0 Å². The fourth-order valence-electron chi connectivity index (χ4n) is 3.67. The fraction of sp³-hybridized carbons (Fsp3) is 0.600. The van der Waals surface area contributed by atoms with Gasteiger partial charge in [-0.25, -0.2) is 0 Å². The number of benzene rings is 1. The minimum atomic E-state index is -0.709. The van der Waals surface area contributed by atoms with Gasteiger partial charge in [0.15, 0.2) is 17.9 Å². The molecule has 3 aliphatic rings. The van der Waals surface area contributed by atoms with Crippen LogP contribution in [0.25, 0.3) is 6.08 Å². The number of rotatable bonds is 4. The first-order chi connectivity index (χ1) is 12.3. The molecule has 1 aromatic rings. The number of fused-ring (bicyclic) bond motifs is 3. The molecule has 26 heavy (non-hydrogen) atoms. The van der Waals surface area contributed by atoms with Crippen molar-refractivity contribution in [1.82, 2.24) is 0 Å². The van der Waals surface area contributed by atoms with Crippen LogP contribution < -0.4 is 0 Å². The van der Waals surface area contributed by atoms with Gasteiger partial charge in [-0.15, -0.1) is 0 Å². The molecule has 0 unspecified atom stereocenters. The Morgan fingerprint density at radius 2 is 1.54 bits per heavy atom. The standard InChI is InChI=1S/C20H26O6/c1-19(2)23-15-14(12-21-11-10-13-8-6-5-7-9-13)22-18-17(16(15)24-19)25-20(3,4)26-18/h5-11,14-18H,12H2,1-4H3/b11-10+/t14-,15+,16+,17-,18-/m1/s1. The van der Waals surface area contributed by atoms with E-state index in [-0.39, 0.29) is 24.4 Å². The lowest BCUT2D eigenvalue weighted by Gasteiger charge is -2.36. The highest BCUT2D eigenvalue weighted by Gasteiger charge is 2.60. The Kier molecular flexibility index (Phi) is 4.57. The zero-order valence-electron chi connectivity index (χ0n) is 15.6. The Morgan fingerprint density at radius 3 is 2.31 bits per heavy atom. The predicted molar refractivity (Wildman–Crippen MR) is 94.0 cm³/mol. The van der Waals surface area contributed by atoms with Crippen molar-refractivity contribution >= 4 is 6.08 Å². The average molecular weight is 362 g/mol. The van der Waals surface area contributed by atoms with Crippen LogP contribution in [0.3, 0.4) is 0 Å². The molecular weight excluding hydrogens is 336 g/mol. The molecule has 4 rings (SSSR count). The smallest absolute Gasteiger partial charge is 0.190 e. The number of hydrogen-bond acceptors (Lipinski definition) is 6. The second-order valence-electron chi connectivity index (χ2n) is 7.75. The van der Waals surface area contributed by atoms with Gasteiger partial charge >= 0.3 is 0 Å². The Bertz CT molecular complexity index is 656. The Balaban J connectivity index is 1.43. The maximum absolute atomic E-state index is 6.09. The summed E-state index contributed by atoms with van der Waals surface area (Å²) in [5.74, 6) is -1.40. The zero-order chi connectivity index (χ0) is 18.4. The van der Waals surface area contributed by atoms with Crippen molar-refractivity contribution in [2.24, 2.45) is 0 Å². The van der Waals surface area contributed by atoms with Crippen LogP contribution in [0.5, 0.6) is 0 Å². The Hall–Kier alpha value is -1.44.